The highest BCUT2D eigenvalue weighted by molar-refractivity contribution is 5.93. The van der Waals surface area contributed by atoms with Crippen molar-refractivity contribution in [3.63, 3.8) is 0 Å². The van der Waals surface area contributed by atoms with Crippen molar-refractivity contribution in [3.05, 3.63) is 51.8 Å². The molecule has 0 saturated carbocycles. The summed E-state index contributed by atoms with van der Waals surface area (Å²) < 4.78 is 0. The Morgan fingerprint density at radius 2 is 1.94 bits per heavy atom. The van der Waals surface area contributed by atoms with Crippen LogP contribution in [0, 0.1) is 6.92 Å². The summed E-state index contributed by atoms with van der Waals surface area (Å²) in [5.74, 6) is -0.762. The van der Waals surface area contributed by atoms with Crippen LogP contribution < -0.4 is 11.3 Å². The minimum atomic E-state index is -0.762. The van der Waals surface area contributed by atoms with E-state index in [-0.39, 0.29) is 5.56 Å². The number of aromatic amines is 1. The molecule has 0 saturated heterocycles. The molecule has 1 heterocycles. The molecule has 2 aromatic rings. The molecule has 0 bridgehead atoms. The maximum Gasteiger partial charge on any atom is 0.277 e. The summed E-state index contributed by atoms with van der Waals surface area (Å²) >= 11 is 0. The molecule has 1 aromatic carbocycles. The molecule has 5 heteroatoms. The number of hydrogen-bond acceptors (Lipinski definition) is 3. The van der Waals surface area contributed by atoms with Gasteiger partial charge in [-0.3, -0.25) is 9.59 Å². The maximum absolute atomic E-state index is 11.3. The molecule has 86 valence electrons. The molecule has 0 aliphatic carbocycles. The highest BCUT2D eigenvalue weighted by Gasteiger charge is 2.09. The van der Waals surface area contributed by atoms with Gasteiger partial charge >= 0.3 is 0 Å². The number of carbonyl (C=O) groups is 1. The molecule has 0 spiro atoms. The first-order valence-electron chi connectivity index (χ1n) is 5.04. The van der Waals surface area contributed by atoms with Crippen LogP contribution in [0.25, 0.3) is 11.3 Å². The van der Waals surface area contributed by atoms with Crippen molar-refractivity contribution < 1.29 is 4.79 Å². The van der Waals surface area contributed by atoms with Crippen LogP contribution in [0.5, 0.6) is 0 Å². The van der Waals surface area contributed by atoms with Gasteiger partial charge < -0.3 is 5.73 Å². The fourth-order valence-corrected chi connectivity index (χ4v) is 1.46. The van der Waals surface area contributed by atoms with Gasteiger partial charge in [0.25, 0.3) is 11.5 Å². The minimum Gasteiger partial charge on any atom is -0.365 e. The molecule has 0 atom stereocenters. The monoisotopic (exact) mass is 229 g/mol. The van der Waals surface area contributed by atoms with Crippen LogP contribution in [0.15, 0.2) is 35.1 Å². The first kappa shape index (κ1) is 11.1. The Morgan fingerprint density at radius 1 is 1.29 bits per heavy atom. The normalized spacial score (nSPS) is 10.2. The highest BCUT2D eigenvalue weighted by Crippen LogP contribution is 2.16. The van der Waals surface area contributed by atoms with Crippen molar-refractivity contribution >= 4 is 5.91 Å². The zero-order valence-electron chi connectivity index (χ0n) is 9.23. The molecule has 0 aliphatic heterocycles. The van der Waals surface area contributed by atoms with Gasteiger partial charge in [0.05, 0.1) is 5.69 Å². The average molecular weight is 229 g/mol. The molecule has 1 amide bonds. The lowest BCUT2D eigenvalue weighted by Gasteiger charge is -2.02. The van der Waals surface area contributed by atoms with Crippen molar-refractivity contribution in [1.82, 2.24) is 10.2 Å². The predicted molar refractivity (Wildman–Crippen MR) is 63.5 cm³/mol. The number of nitrogens with two attached hydrogens (primary N) is 1. The number of amides is 1. The van der Waals surface area contributed by atoms with Gasteiger partial charge in [-0.2, -0.15) is 5.10 Å². The number of benzene rings is 1. The predicted octanol–water partition coefficient (Wildman–Crippen LogP) is 0.844. The zero-order valence-corrected chi connectivity index (χ0v) is 9.23. The zero-order chi connectivity index (χ0) is 12.4. The van der Waals surface area contributed by atoms with Crippen molar-refractivity contribution in [2.24, 2.45) is 5.73 Å². The van der Waals surface area contributed by atoms with Crippen LogP contribution in [-0.4, -0.2) is 16.1 Å². The fourth-order valence-electron chi connectivity index (χ4n) is 1.46. The SMILES string of the molecule is Cc1ccc(-c2cc(C(N)=O)c(=O)[nH]n2)cc1. The van der Waals surface area contributed by atoms with E-state index in [2.05, 4.69) is 10.2 Å². The number of nitrogens with zero attached hydrogens (tertiary/aromatic N) is 1. The summed E-state index contributed by atoms with van der Waals surface area (Å²) in [6.45, 7) is 1.97. The lowest BCUT2D eigenvalue weighted by Crippen LogP contribution is -2.24. The lowest BCUT2D eigenvalue weighted by molar-refractivity contribution is 0.0998. The van der Waals surface area contributed by atoms with E-state index >= 15 is 0 Å². The summed E-state index contributed by atoms with van der Waals surface area (Å²) in [4.78, 5) is 22.3. The van der Waals surface area contributed by atoms with Crippen LogP contribution in [-0.2, 0) is 0 Å². The fraction of sp³-hybridized carbons (Fsp3) is 0.0833. The molecule has 3 N–H and O–H groups in total. The summed E-state index contributed by atoms with van der Waals surface area (Å²) in [6.07, 6.45) is 0. The molecule has 17 heavy (non-hydrogen) atoms. The summed E-state index contributed by atoms with van der Waals surface area (Å²) in [5.41, 5.74) is 6.88. The molecule has 0 fully saturated rings. The van der Waals surface area contributed by atoms with Gasteiger partial charge in [0.2, 0.25) is 0 Å². The van der Waals surface area contributed by atoms with E-state index in [1.54, 1.807) is 0 Å². The number of H-pyrrole nitrogens is 1. The number of aryl methyl sites for hydroxylation is 1. The third-order valence-corrected chi connectivity index (χ3v) is 2.42. The first-order valence-corrected chi connectivity index (χ1v) is 5.04. The van der Waals surface area contributed by atoms with Crippen molar-refractivity contribution in [1.29, 1.82) is 0 Å². The van der Waals surface area contributed by atoms with Crippen LogP contribution in [0.2, 0.25) is 0 Å². The molecule has 0 unspecified atom stereocenters. The van der Waals surface area contributed by atoms with Gasteiger partial charge in [-0.05, 0) is 13.0 Å². The van der Waals surface area contributed by atoms with Crippen LogP contribution in [0.3, 0.4) is 0 Å². The molecule has 0 aliphatic rings. The third-order valence-electron chi connectivity index (χ3n) is 2.42. The number of carbonyl (C=O) groups excluding carboxylic acids is 1. The van der Waals surface area contributed by atoms with Crippen LogP contribution >= 0.6 is 0 Å². The molecular weight excluding hydrogens is 218 g/mol. The van der Waals surface area contributed by atoms with Crippen LogP contribution in [0.1, 0.15) is 15.9 Å². The summed E-state index contributed by atoms with van der Waals surface area (Å²) in [7, 11) is 0. The lowest BCUT2D eigenvalue weighted by atomic mass is 10.1. The van der Waals surface area contributed by atoms with Crippen LogP contribution in [0.4, 0.5) is 0 Å². The second-order valence-corrected chi connectivity index (χ2v) is 3.73. The number of aromatic nitrogens is 2. The minimum absolute atomic E-state index is 0.0874. The smallest absolute Gasteiger partial charge is 0.277 e. The summed E-state index contributed by atoms with van der Waals surface area (Å²) in [5, 5.41) is 6.13. The van der Waals surface area contributed by atoms with Gasteiger partial charge in [0.15, 0.2) is 0 Å². The Bertz CT molecular complexity index is 614. The number of hydrogen-bond donors (Lipinski definition) is 2. The van der Waals surface area contributed by atoms with Crippen molar-refractivity contribution in [2.75, 3.05) is 0 Å². The molecule has 2 rings (SSSR count). The number of nitrogens with one attached hydrogen (secondary N) is 1. The van der Waals surface area contributed by atoms with E-state index in [0.717, 1.165) is 11.1 Å². The number of rotatable bonds is 2. The van der Waals surface area contributed by atoms with Crippen molar-refractivity contribution in [3.8, 4) is 11.3 Å². The van der Waals surface area contributed by atoms with E-state index < -0.39 is 11.5 Å². The summed E-state index contributed by atoms with van der Waals surface area (Å²) in [6, 6.07) is 8.96. The highest BCUT2D eigenvalue weighted by atomic mass is 16.2. The number of primary amides is 1. The molecule has 0 radical (unpaired) electrons. The maximum atomic E-state index is 11.3. The van der Waals surface area contributed by atoms with E-state index in [1.807, 2.05) is 31.2 Å². The molecule has 1 aromatic heterocycles. The Balaban J connectivity index is 2.53. The van der Waals surface area contributed by atoms with E-state index in [4.69, 9.17) is 5.73 Å². The van der Waals surface area contributed by atoms with Gasteiger partial charge in [-0.1, -0.05) is 29.8 Å². The quantitative estimate of drug-likeness (QED) is 0.799. The van der Waals surface area contributed by atoms with E-state index in [9.17, 15) is 9.59 Å². The first-order chi connectivity index (χ1) is 8.08. The van der Waals surface area contributed by atoms with E-state index in [0.29, 0.717) is 5.69 Å². The second kappa shape index (κ2) is 4.21. The Morgan fingerprint density at radius 3 is 2.53 bits per heavy atom. The molecular formula is C12H11N3O2. The largest absolute Gasteiger partial charge is 0.365 e. The third kappa shape index (κ3) is 2.23. The second-order valence-electron chi connectivity index (χ2n) is 3.73. The van der Waals surface area contributed by atoms with Gasteiger partial charge in [-0.15, -0.1) is 0 Å². The topological polar surface area (TPSA) is 88.8 Å². The van der Waals surface area contributed by atoms with Gasteiger partial charge in [0.1, 0.15) is 5.56 Å². The Labute approximate surface area is 97.3 Å². The average Bonchev–Trinajstić information content (AvgIpc) is 2.30. The standard InChI is InChI=1S/C12H11N3O2/c1-7-2-4-8(5-3-7)10-6-9(11(13)16)12(17)15-14-10/h2-6H,1H3,(H2,13,16)(H,15,17). The Hall–Kier alpha value is -2.43. The van der Waals surface area contributed by atoms with Crippen molar-refractivity contribution in [2.45, 2.75) is 6.92 Å². The Kier molecular flexibility index (Phi) is 2.74. The van der Waals surface area contributed by atoms with Gasteiger partial charge in [-0.25, -0.2) is 5.10 Å². The van der Waals surface area contributed by atoms with E-state index in [1.165, 1.54) is 6.07 Å². The van der Waals surface area contributed by atoms with Gasteiger partial charge in [0, 0.05) is 5.56 Å². The molecule has 5 nitrogen and oxygen atoms in total.